The Balaban J connectivity index is 1.77. The third-order valence-electron chi connectivity index (χ3n) is 3.89. The van der Waals surface area contributed by atoms with Gasteiger partial charge in [0.2, 0.25) is 0 Å². The smallest absolute Gasteiger partial charge is 0.317 e. The molecule has 1 aromatic heterocycles. The first-order valence-electron chi connectivity index (χ1n) is 7.26. The highest BCUT2D eigenvalue weighted by Gasteiger charge is 2.34. The average molecular weight is 281 g/mol. The van der Waals surface area contributed by atoms with Crippen LogP contribution >= 0.6 is 0 Å². The summed E-state index contributed by atoms with van der Waals surface area (Å²) in [6.45, 7) is 2.98. The summed E-state index contributed by atoms with van der Waals surface area (Å²) in [5, 5.41) is 2.95. The first-order valence-corrected chi connectivity index (χ1v) is 7.26. The molecule has 2 amide bonds. The van der Waals surface area contributed by atoms with Gasteiger partial charge >= 0.3 is 6.03 Å². The number of hydrogen-bond donors (Lipinski definition) is 1. The second kappa shape index (κ2) is 5.95. The Morgan fingerprint density at radius 2 is 1.90 bits per heavy atom. The predicted octanol–water partition coefficient (Wildman–Crippen LogP) is 3.70. The van der Waals surface area contributed by atoms with Gasteiger partial charge in [-0.05, 0) is 30.0 Å². The van der Waals surface area contributed by atoms with Crippen LogP contribution in [0.3, 0.4) is 0 Å². The summed E-state index contributed by atoms with van der Waals surface area (Å²) in [6.07, 6.45) is 4.36. The van der Waals surface area contributed by atoms with Crippen LogP contribution in [0.25, 0.3) is 0 Å². The van der Waals surface area contributed by atoms with Crippen LogP contribution in [0, 0.1) is 5.92 Å². The zero-order valence-corrected chi connectivity index (χ0v) is 12.1. The summed E-state index contributed by atoms with van der Waals surface area (Å²) < 4.78 is 0. The van der Waals surface area contributed by atoms with E-state index in [9.17, 15) is 4.79 Å². The normalized spacial score (nSPS) is 21.3. The van der Waals surface area contributed by atoms with Gasteiger partial charge in [-0.2, -0.15) is 0 Å². The zero-order chi connectivity index (χ0) is 14.7. The topological polar surface area (TPSA) is 45.2 Å². The van der Waals surface area contributed by atoms with Crippen LogP contribution in [0.4, 0.5) is 10.5 Å². The summed E-state index contributed by atoms with van der Waals surface area (Å²) in [4.78, 5) is 18.4. The molecule has 1 aliphatic heterocycles. The van der Waals surface area contributed by atoms with Crippen molar-refractivity contribution in [2.45, 2.75) is 19.4 Å². The zero-order valence-electron chi connectivity index (χ0n) is 12.1. The second-order valence-electron chi connectivity index (χ2n) is 5.59. The summed E-state index contributed by atoms with van der Waals surface area (Å²) in [5.74, 6) is 0.512. The van der Waals surface area contributed by atoms with E-state index in [2.05, 4.69) is 29.4 Å². The molecule has 2 aromatic rings. The second-order valence-corrected chi connectivity index (χ2v) is 5.59. The number of amides is 2. The standard InChI is InChI=1S/C17H19N3O/c1-13-11-16(14-5-3-2-4-6-14)20(12-13)17(21)19-15-7-9-18-10-8-15/h2-10,13,16H,11-12H2,1H3,(H,18,19,21). The monoisotopic (exact) mass is 281 g/mol. The van der Waals surface area contributed by atoms with Crippen LogP contribution in [-0.4, -0.2) is 22.5 Å². The van der Waals surface area contributed by atoms with Crippen molar-refractivity contribution in [1.29, 1.82) is 0 Å². The molecule has 0 spiro atoms. The number of anilines is 1. The number of urea groups is 1. The average Bonchev–Trinajstić information content (AvgIpc) is 2.91. The van der Waals surface area contributed by atoms with Gasteiger partial charge in [0.25, 0.3) is 0 Å². The molecule has 1 aliphatic rings. The number of hydrogen-bond acceptors (Lipinski definition) is 2. The Morgan fingerprint density at radius 3 is 2.62 bits per heavy atom. The number of pyridine rings is 1. The molecular weight excluding hydrogens is 262 g/mol. The minimum Gasteiger partial charge on any atom is -0.317 e. The van der Waals surface area contributed by atoms with Gasteiger partial charge in [-0.3, -0.25) is 4.98 Å². The van der Waals surface area contributed by atoms with Gasteiger partial charge in [0, 0.05) is 24.6 Å². The molecule has 4 nitrogen and oxygen atoms in total. The first-order chi connectivity index (χ1) is 10.2. The molecule has 1 fully saturated rings. The Hall–Kier alpha value is -2.36. The van der Waals surface area contributed by atoms with E-state index in [1.165, 1.54) is 5.56 Å². The van der Waals surface area contributed by atoms with E-state index in [0.717, 1.165) is 18.7 Å². The molecule has 1 aromatic carbocycles. The van der Waals surface area contributed by atoms with E-state index >= 15 is 0 Å². The molecule has 1 saturated heterocycles. The minimum absolute atomic E-state index is 0.0422. The lowest BCUT2D eigenvalue weighted by Gasteiger charge is -2.25. The van der Waals surface area contributed by atoms with Crippen LogP contribution in [0.5, 0.6) is 0 Å². The Labute approximate surface area is 124 Å². The molecule has 2 unspecified atom stereocenters. The van der Waals surface area contributed by atoms with Crippen LogP contribution in [0.15, 0.2) is 54.9 Å². The van der Waals surface area contributed by atoms with E-state index in [1.54, 1.807) is 24.5 Å². The SMILES string of the molecule is CC1CC(c2ccccc2)N(C(=O)Nc2ccncc2)C1. The van der Waals surface area contributed by atoms with Crippen molar-refractivity contribution < 1.29 is 4.79 Å². The molecule has 2 atom stereocenters. The third-order valence-corrected chi connectivity index (χ3v) is 3.89. The highest BCUT2D eigenvalue weighted by atomic mass is 16.2. The van der Waals surface area contributed by atoms with E-state index in [0.29, 0.717) is 5.92 Å². The van der Waals surface area contributed by atoms with Crippen molar-refractivity contribution in [1.82, 2.24) is 9.88 Å². The number of nitrogens with zero attached hydrogens (tertiary/aromatic N) is 2. The summed E-state index contributed by atoms with van der Waals surface area (Å²) in [6, 6.07) is 14.0. The quantitative estimate of drug-likeness (QED) is 0.912. The fourth-order valence-electron chi connectivity index (χ4n) is 2.89. The van der Waals surface area contributed by atoms with Gasteiger partial charge in [0.15, 0.2) is 0 Å². The fourth-order valence-corrected chi connectivity index (χ4v) is 2.89. The van der Waals surface area contributed by atoms with Gasteiger partial charge in [-0.15, -0.1) is 0 Å². The minimum atomic E-state index is -0.0422. The van der Waals surface area contributed by atoms with Crippen molar-refractivity contribution >= 4 is 11.7 Å². The Bertz CT molecular complexity index is 600. The maximum atomic E-state index is 12.5. The van der Waals surface area contributed by atoms with E-state index < -0.39 is 0 Å². The van der Waals surface area contributed by atoms with Crippen molar-refractivity contribution in [3.63, 3.8) is 0 Å². The van der Waals surface area contributed by atoms with Gasteiger partial charge in [0.1, 0.15) is 0 Å². The number of aromatic nitrogens is 1. The third kappa shape index (κ3) is 3.05. The summed E-state index contributed by atoms with van der Waals surface area (Å²) in [7, 11) is 0. The largest absolute Gasteiger partial charge is 0.322 e. The lowest BCUT2D eigenvalue weighted by atomic mass is 10.0. The number of carbonyl (C=O) groups excluding carboxylic acids is 1. The van der Waals surface area contributed by atoms with Gasteiger partial charge < -0.3 is 10.2 Å². The Morgan fingerprint density at radius 1 is 1.19 bits per heavy atom. The predicted molar refractivity (Wildman–Crippen MR) is 82.9 cm³/mol. The number of likely N-dealkylation sites (tertiary alicyclic amines) is 1. The first kappa shape index (κ1) is 13.6. The number of benzene rings is 1. The Kier molecular flexibility index (Phi) is 3.86. The van der Waals surface area contributed by atoms with Gasteiger partial charge in [0.05, 0.1) is 6.04 Å². The highest BCUT2D eigenvalue weighted by Crippen LogP contribution is 2.35. The van der Waals surface area contributed by atoms with Crippen molar-refractivity contribution in [2.24, 2.45) is 5.92 Å². The van der Waals surface area contributed by atoms with Crippen LogP contribution < -0.4 is 5.32 Å². The van der Waals surface area contributed by atoms with Crippen molar-refractivity contribution in [3.05, 3.63) is 60.4 Å². The summed E-state index contributed by atoms with van der Waals surface area (Å²) in [5.41, 5.74) is 1.98. The maximum absolute atomic E-state index is 12.5. The number of rotatable bonds is 2. The molecule has 2 heterocycles. The van der Waals surface area contributed by atoms with Crippen LogP contribution in [-0.2, 0) is 0 Å². The number of carbonyl (C=O) groups is 1. The van der Waals surface area contributed by atoms with Gasteiger partial charge in [-0.25, -0.2) is 4.79 Å². The van der Waals surface area contributed by atoms with Crippen molar-refractivity contribution in [3.8, 4) is 0 Å². The van der Waals surface area contributed by atoms with E-state index in [4.69, 9.17) is 0 Å². The lowest BCUT2D eigenvalue weighted by Crippen LogP contribution is -2.34. The molecule has 0 aliphatic carbocycles. The molecule has 4 heteroatoms. The molecule has 108 valence electrons. The maximum Gasteiger partial charge on any atom is 0.322 e. The molecule has 0 saturated carbocycles. The van der Waals surface area contributed by atoms with Crippen LogP contribution in [0.2, 0.25) is 0 Å². The highest BCUT2D eigenvalue weighted by molar-refractivity contribution is 5.89. The van der Waals surface area contributed by atoms with Crippen LogP contribution in [0.1, 0.15) is 24.9 Å². The fraction of sp³-hybridized carbons (Fsp3) is 0.294. The molecule has 3 rings (SSSR count). The molecule has 21 heavy (non-hydrogen) atoms. The molecule has 0 radical (unpaired) electrons. The lowest BCUT2D eigenvalue weighted by molar-refractivity contribution is 0.206. The summed E-state index contributed by atoms with van der Waals surface area (Å²) >= 11 is 0. The molecule has 1 N–H and O–H groups in total. The van der Waals surface area contributed by atoms with E-state index in [1.807, 2.05) is 23.1 Å². The molecule has 0 bridgehead atoms. The van der Waals surface area contributed by atoms with E-state index in [-0.39, 0.29) is 12.1 Å². The number of nitrogens with one attached hydrogen (secondary N) is 1. The molecular formula is C17H19N3O. The van der Waals surface area contributed by atoms with Crippen molar-refractivity contribution in [2.75, 3.05) is 11.9 Å². The van der Waals surface area contributed by atoms with Gasteiger partial charge in [-0.1, -0.05) is 37.3 Å².